The van der Waals surface area contributed by atoms with Crippen molar-refractivity contribution in [3.8, 4) is 0 Å². The number of aryl methyl sites for hydroxylation is 1. The van der Waals surface area contributed by atoms with E-state index in [9.17, 15) is 4.79 Å². The van der Waals surface area contributed by atoms with Crippen LogP contribution in [0.25, 0.3) is 0 Å². The van der Waals surface area contributed by atoms with Crippen LogP contribution in [0.1, 0.15) is 43.1 Å². The molecule has 0 fully saturated rings. The third-order valence-electron chi connectivity index (χ3n) is 3.28. The standard InChI is InChI=1S/C16H26N2O2/c1-5-17-15-8-7-14(11-13(15)4)16(20)18(12(2)3)9-6-10-19/h7-8,11-12,17,19H,5-6,9-10H2,1-4H3. The summed E-state index contributed by atoms with van der Waals surface area (Å²) < 4.78 is 0. The van der Waals surface area contributed by atoms with Gasteiger partial charge in [-0.15, -0.1) is 0 Å². The first-order chi connectivity index (χ1) is 9.51. The molecule has 1 aromatic rings. The normalized spacial score (nSPS) is 10.7. The quantitative estimate of drug-likeness (QED) is 0.806. The Balaban J connectivity index is 2.91. The second kappa shape index (κ2) is 7.90. The number of anilines is 1. The number of aliphatic hydroxyl groups excluding tert-OH is 1. The number of aliphatic hydroxyl groups is 1. The number of nitrogens with one attached hydrogen (secondary N) is 1. The fraction of sp³-hybridized carbons (Fsp3) is 0.562. The smallest absolute Gasteiger partial charge is 0.254 e. The third kappa shape index (κ3) is 4.23. The first-order valence-corrected chi connectivity index (χ1v) is 7.27. The Morgan fingerprint density at radius 3 is 2.60 bits per heavy atom. The van der Waals surface area contributed by atoms with Gasteiger partial charge in [0, 0.05) is 37.0 Å². The lowest BCUT2D eigenvalue weighted by molar-refractivity contribution is 0.0693. The monoisotopic (exact) mass is 278 g/mol. The number of nitrogens with zero attached hydrogens (tertiary/aromatic N) is 1. The van der Waals surface area contributed by atoms with Gasteiger partial charge in [-0.2, -0.15) is 0 Å². The summed E-state index contributed by atoms with van der Waals surface area (Å²) in [5.41, 5.74) is 2.84. The predicted octanol–water partition coefficient (Wildman–Crippen LogP) is 2.66. The molecule has 0 aromatic heterocycles. The molecule has 112 valence electrons. The van der Waals surface area contributed by atoms with Gasteiger partial charge in [-0.25, -0.2) is 0 Å². The minimum absolute atomic E-state index is 0.0274. The third-order valence-corrected chi connectivity index (χ3v) is 3.28. The maximum absolute atomic E-state index is 12.5. The summed E-state index contributed by atoms with van der Waals surface area (Å²) in [6.45, 7) is 9.60. The van der Waals surface area contributed by atoms with Crippen molar-refractivity contribution >= 4 is 11.6 Å². The summed E-state index contributed by atoms with van der Waals surface area (Å²) in [7, 11) is 0. The van der Waals surface area contributed by atoms with Gasteiger partial charge in [0.1, 0.15) is 0 Å². The molecule has 4 heteroatoms. The number of carbonyl (C=O) groups excluding carboxylic acids is 1. The zero-order valence-electron chi connectivity index (χ0n) is 12.9. The van der Waals surface area contributed by atoms with E-state index in [2.05, 4.69) is 5.32 Å². The van der Waals surface area contributed by atoms with Crippen molar-refractivity contribution in [2.45, 2.75) is 40.2 Å². The minimum Gasteiger partial charge on any atom is -0.396 e. The van der Waals surface area contributed by atoms with Crippen LogP contribution in [-0.4, -0.2) is 41.7 Å². The lowest BCUT2D eigenvalue weighted by Gasteiger charge is -2.27. The van der Waals surface area contributed by atoms with E-state index in [0.29, 0.717) is 18.5 Å². The zero-order valence-corrected chi connectivity index (χ0v) is 12.9. The summed E-state index contributed by atoms with van der Waals surface area (Å²) >= 11 is 0. The Bertz CT molecular complexity index is 444. The van der Waals surface area contributed by atoms with Crippen LogP contribution in [-0.2, 0) is 0 Å². The average molecular weight is 278 g/mol. The lowest BCUT2D eigenvalue weighted by Crippen LogP contribution is -2.38. The Kier molecular flexibility index (Phi) is 6.52. The molecule has 0 unspecified atom stereocenters. The summed E-state index contributed by atoms with van der Waals surface area (Å²) in [5.74, 6) is 0.0274. The molecule has 0 saturated carbocycles. The molecule has 0 aliphatic rings. The van der Waals surface area contributed by atoms with Crippen LogP contribution in [0.4, 0.5) is 5.69 Å². The Morgan fingerprint density at radius 1 is 1.40 bits per heavy atom. The molecule has 0 heterocycles. The van der Waals surface area contributed by atoms with E-state index in [0.717, 1.165) is 17.8 Å². The number of hydrogen-bond donors (Lipinski definition) is 2. The van der Waals surface area contributed by atoms with Crippen molar-refractivity contribution in [1.29, 1.82) is 0 Å². The molecule has 20 heavy (non-hydrogen) atoms. The molecular formula is C16H26N2O2. The van der Waals surface area contributed by atoms with Gasteiger partial charge in [-0.3, -0.25) is 4.79 Å². The second-order valence-corrected chi connectivity index (χ2v) is 5.23. The first kappa shape index (κ1) is 16.5. The fourth-order valence-electron chi connectivity index (χ4n) is 2.19. The minimum atomic E-state index is 0.0274. The highest BCUT2D eigenvalue weighted by Gasteiger charge is 2.18. The van der Waals surface area contributed by atoms with Gasteiger partial charge in [-0.05, 0) is 57.9 Å². The maximum atomic E-state index is 12.5. The van der Waals surface area contributed by atoms with E-state index in [1.807, 2.05) is 45.9 Å². The number of carbonyl (C=O) groups is 1. The van der Waals surface area contributed by atoms with Crippen LogP contribution in [0.3, 0.4) is 0 Å². The van der Waals surface area contributed by atoms with Crippen molar-refractivity contribution < 1.29 is 9.90 Å². The van der Waals surface area contributed by atoms with E-state index in [1.165, 1.54) is 0 Å². The van der Waals surface area contributed by atoms with Gasteiger partial charge in [-0.1, -0.05) is 0 Å². The predicted molar refractivity (Wildman–Crippen MR) is 83.2 cm³/mol. The SMILES string of the molecule is CCNc1ccc(C(=O)N(CCCO)C(C)C)cc1C. The van der Waals surface area contributed by atoms with Crippen LogP contribution >= 0.6 is 0 Å². The van der Waals surface area contributed by atoms with Gasteiger partial charge in [0.2, 0.25) is 0 Å². The van der Waals surface area contributed by atoms with Gasteiger partial charge in [0.05, 0.1) is 0 Å². The van der Waals surface area contributed by atoms with Gasteiger partial charge >= 0.3 is 0 Å². The average Bonchev–Trinajstić information content (AvgIpc) is 2.41. The van der Waals surface area contributed by atoms with Crippen LogP contribution in [0.15, 0.2) is 18.2 Å². The maximum Gasteiger partial charge on any atom is 0.254 e. The molecule has 1 amide bonds. The van der Waals surface area contributed by atoms with E-state index >= 15 is 0 Å². The summed E-state index contributed by atoms with van der Waals surface area (Å²) in [4.78, 5) is 14.3. The summed E-state index contributed by atoms with van der Waals surface area (Å²) in [6, 6.07) is 5.87. The Morgan fingerprint density at radius 2 is 2.10 bits per heavy atom. The van der Waals surface area contributed by atoms with E-state index in [-0.39, 0.29) is 18.6 Å². The van der Waals surface area contributed by atoms with E-state index < -0.39 is 0 Å². The molecule has 0 spiro atoms. The van der Waals surface area contributed by atoms with Crippen LogP contribution in [0.2, 0.25) is 0 Å². The Hall–Kier alpha value is -1.55. The largest absolute Gasteiger partial charge is 0.396 e. The molecule has 0 radical (unpaired) electrons. The topological polar surface area (TPSA) is 52.6 Å². The number of benzene rings is 1. The summed E-state index contributed by atoms with van der Waals surface area (Å²) in [6.07, 6.45) is 0.609. The number of hydrogen-bond acceptors (Lipinski definition) is 3. The first-order valence-electron chi connectivity index (χ1n) is 7.27. The van der Waals surface area contributed by atoms with Crippen molar-refractivity contribution in [1.82, 2.24) is 4.90 Å². The van der Waals surface area contributed by atoms with Crippen LogP contribution in [0.5, 0.6) is 0 Å². The van der Waals surface area contributed by atoms with Crippen LogP contribution < -0.4 is 5.32 Å². The second-order valence-electron chi connectivity index (χ2n) is 5.23. The van der Waals surface area contributed by atoms with Gasteiger partial charge < -0.3 is 15.3 Å². The molecular weight excluding hydrogens is 252 g/mol. The zero-order chi connectivity index (χ0) is 15.1. The number of rotatable bonds is 7. The molecule has 1 aromatic carbocycles. The molecule has 0 aliphatic carbocycles. The molecule has 1 rings (SSSR count). The highest BCUT2D eigenvalue weighted by Crippen LogP contribution is 2.18. The van der Waals surface area contributed by atoms with Gasteiger partial charge in [0.15, 0.2) is 0 Å². The van der Waals surface area contributed by atoms with Gasteiger partial charge in [0.25, 0.3) is 5.91 Å². The van der Waals surface area contributed by atoms with Crippen molar-refractivity contribution in [3.63, 3.8) is 0 Å². The highest BCUT2D eigenvalue weighted by molar-refractivity contribution is 5.95. The highest BCUT2D eigenvalue weighted by atomic mass is 16.3. The summed E-state index contributed by atoms with van der Waals surface area (Å²) in [5, 5.41) is 12.2. The molecule has 0 bridgehead atoms. The molecule has 0 aliphatic heterocycles. The molecule has 4 nitrogen and oxygen atoms in total. The van der Waals surface area contributed by atoms with E-state index in [1.54, 1.807) is 4.90 Å². The van der Waals surface area contributed by atoms with Crippen molar-refractivity contribution in [2.24, 2.45) is 0 Å². The molecule has 2 N–H and O–H groups in total. The Labute approximate surface area is 121 Å². The van der Waals surface area contributed by atoms with Crippen LogP contribution in [0, 0.1) is 6.92 Å². The number of amides is 1. The molecule has 0 saturated heterocycles. The van der Waals surface area contributed by atoms with Crippen molar-refractivity contribution in [2.75, 3.05) is 25.0 Å². The molecule has 0 atom stereocenters. The van der Waals surface area contributed by atoms with E-state index in [4.69, 9.17) is 5.11 Å². The lowest BCUT2D eigenvalue weighted by atomic mass is 10.1. The fourth-order valence-corrected chi connectivity index (χ4v) is 2.19. The van der Waals surface area contributed by atoms with Crippen molar-refractivity contribution in [3.05, 3.63) is 29.3 Å².